The van der Waals surface area contributed by atoms with Crippen LogP contribution in [0.2, 0.25) is 0 Å². The highest BCUT2D eigenvalue weighted by molar-refractivity contribution is 5.73. The van der Waals surface area contributed by atoms with E-state index in [0.29, 0.717) is 6.54 Å². The quantitative estimate of drug-likeness (QED) is 0.677. The molecule has 0 atom stereocenters. The van der Waals surface area contributed by atoms with Crippen LogP contribution < -0.4 is 0 Å². The molecule has 0 saturated heterocycles. The molecule has 5 nitrogen and oxygen atoms in total. The Morgan fingerprint density at radius 1 is 1.47 bits per heavy atom. The lowest BCUT2D eigenvalue weighted by Crippen LogP contribution is -2.35. The molecule has 17 heavy (non-hydrogen) atoms. The summed E-state index contributed by atoms with van der Waals surface area (Å²) in [6, 6.07) is 1.97. The van der Waals surface area contributed by atoms with Crippen LogP contribution in [0.15, 0.2) is 12.3 Å². The number of nitrogens with zero attached hydrogens (tertiary/aromatic N) is 4. The highest BCUT2D eigenvalue weighted by atomic mass is 16.2. The van der Waals surface area contributed by atoms with Gasteiger partial charge in [-0.05, 0) is 6.92 Å². The molecule has 2 aromatic heterocycles. The average molecular weight is 230 g/mol. The average Bonchev–Trinajstić information content (AvgIpc) is 2.69. The number of rotatable bonds is 0. The number of carbonyl (C=O) groups excluding carboxylic acids is 1. The fourth-order valence-electron chi connectivity index (χ4n) is 2.32. The Bertz CT molecular complexity index is 602. The maximum Gasteiger partial charge on any atom is 0.219 e. The Balaban J connectivity index is 2.10. The number of aromatic nitrogens is 3. The van der Waals surface area contributed by atoms with Crippen LogP contribution in [0.1, 0.15) is 23.9 Å². The van der Waals surface area contributed by atoms with E-state index in [2.05, 4.69) is 10.1 Å². The number of amides is 1. The van der Waals surface area contributed by atoms with Crippen molar-refractivity contribution >= 4 is 11.6 Å². The summed E-state index contributed by atoms with van der Waals surface area (Å²) in [4.78, 5) is 17.6. The van der Waals surface area contributed by atoms with Crippen molar-refractivity contribution in [2.75, 3.05) is 6.54 Å². The Hall–Kier alpha value is -1.91. The fourth-order valence-corrected chi connectivity index (χ4v) is 2.32. The molecule has 0 radical (unpaired) electrons. The number of fused-ring (bicyclic) bond motifs is 3. The molecule has 0 unspecified atom stereocenters. The first-order valence-electron chi connectivity index (χ1n) is 5.74. The lowest BCUT2D eigenvalue weighted by atomic mass is 10.1. The van der Waals surface area contributed by atoms with E-state index < -0.39 is 0 Å². The zero-order valence-corrected chi connectivity index (χ0v) is 9.97. The van der Waals surface area contributed by atoms with Gasteiger partial charge < -0.3 is 4.90 Å². The summed E-state index contributed by atoms with van der Waals surface area (Å²) in [5, 5.41) is 4.45. The number of aryl methyl sites for hydroxylation is 1. The Kier molecular flexibility index (Phi) is 2.14. The zero-order chi connectivity index (χ0) is 12.0. The van der Waals surface area contributed by atoms with E-state index in [0.717, 1.165) is 29.9 Å². The minimum atomic E-state index is 0.118. The van der Waals surface area contributed by atoms with E-state index in [4.69, 9.17) is 0 Å². The van der Waals surface area contributed by atoms with Gasteiger partial charge in [0.15, 0.2) is 5.65 Å². The molecule has 3 rings (SSSR count). The van der Waals surface area contributed by atoms with Gasteiger partial charge in [0.2, 0.25) is 5.91 Å². The van der Waals surface area contributed by atoms with Crippen LogP contribution in [0.3, 0.4) is 0 Å². The van der Waals surface area contributed by atoms with Gasteiger partial charge in [0, 0.05) is 44.3 Å². The minimum absolute atomic E-state index is 0.118. The minimum Gasteiger partial charge on any atom is -0.338 e. The molecular formula is C12H14N4O. The van der Waals surface area contributed by atoms with E-state index in [9.17, 15) is 4.79 Å². The molecule has 0 saturated carbocycles. The molecule has 0 aliphatic carbocycles. The third-order valence-corrected chi connectivity index (χ3v) is 3.22. The molecule has 0 N–H and O–H groups in total. The number of hydrogen-bond acceptors (Lipinski definition) is 3. The molecule has 0 spiro atoms. The van der Waals surface area contributed by atoms with Crippen LogP contribution in [0.25, 0.3) is 5.65 Å². The normalized spacial score (nSPS) is 15.1. The Morgan fingerprint density at radius 2 is 2.29 bits per heavy atom. The first-order valence-corrected chi connectivity index (χ1v) is 5.74. The summed E-state index contributed by atoms with van der Waals surface area (Å²) in [6.07, 6.45) is 2.70. The summed E-state index contributed by atoms with van der Waals surface area (Å²) in [7, 11) is 0. The topological polar surface area (TPSA) is 50.5 Å². The molecule has 0 fully saturated rings. The summed E-state index contributed by atoms with van der Waals surface area (Å²) in [6.45, 7) is 4.98. The third kappa shape index (κ3) is 1.58. The van der Waals surface area contributed by atoms with Gasteiger partial charge >= 0.3 is 0 Å². The summed E-state index contributed by atoms with van der Waals surface area (Å²) in [5.74, 6) is 0.118. The predicted octanol–water partition coefficient (Wildman–Crippen LogP) is 0.942. The monoisotopic (exact) mass is 230 g/mol. The molecule has 0 bridgehead atoms. The largest absolute Gasteiger partial charge is 0.338 e. The lowest BCUT2D eigenvalue weighted by molar-refractivity contribution is -0.129. The summed E-state index contributed by atoms with van der Waals surface area (Å²) in [5.41, 5.74) is 4.14. The van der Waals surface area contributed by atoms with Crippen molar-refractivity contribution in [3.8, 4) is 0 Å². The van der Waals surface area contributed by atoms with Gasteiger partial charge in [0.25, 0.3) is 0 Å². The van der Waals surface area contributed by atoms with Gasteiger partial charge in [-0.3, -0.25) is 4.79 Å². The molecule has 88 valence electrons. The molecule has 3 heterocycles. The molecule has 1 amide bonds. The highest BCUT2D eigenvalue weighted by Gasteiger charge is 2.21. The van der Waals surface area contributed by atoms with Crippen molar-refractivity contribution in [3.05, 3.63) is 29.2 Å². The van der Waals surface area contributed by atoms with E-state index in [-0.39, 0.29) is 5.91 Å². The second kappa shape index (κ2) is 3.55. The van der Waals surface area contributed by atoms with Gasteiger partial charge in [0.1, 0.15) is 0 Å². The molecule has 5 heteroatoms. The summed E-state index contributed by atoms with van der Waals surface area (Å²) >= 11 is 0. The molecule has 1 aliphatic heterocycles. The standard InChI is InChI=1S/C12H14N4O/c1-8-5-12-13-6-10-7-15(9(2)17)4-3-11(10)16(12)14-8/h5-6H,3-4,7H2,1-2H3. The van der Waals surface area contributed by atoms with Gasteiger partial charge in [-0.1, -0.05) is 0 Å². The van der Waals surface area contributed by atoms with Gasteiger partial charge in [-0.15, -0.1) is 0 Å². The van der Waals surface area contributed by atoms with E-state index in [1.54, 1.807) is 6.92 Å². The van der Waals surface area contributed by atoms with Gasteiger partial charge in [-0.25, -0.2) is 9.50 Å². The second-order valence-electron chi connectivity index (χ2n) is 4.48. The number of hydrogen-bond donors (Lipinski definition) is 0. The first-order chi connectivity index (χ1) is 8.15. The maximum absolute atomic E-state index is 11.4. The fraction of sp³-hybridized carbons (Fsp3) is 0.417. The van der Waals surface area contributed by atoms with Crippen LogP contribution >= 0.6 is 0 Å². The highest BCUT2D eigenvalue weighted by Crippen LogP contribution is 2.19. The zero-order valence-electron chi connectivity index (χ0n) is 9.97. The smallest absolute Gasteiger partial charge is 0.219 e. The number of carbonyl (C=O) groups is 1. The Labute approximate surface area is 99.1 Å². The molecule has 0 aromatic carbocycles. The SMILES string of the molecule is CC(=O)N1CCc2c(cnc3cc(C)nn23)C1. The van der Waals surface area contributed by atoms with Crippen molar-refractivity contribution in [3.63, 3.8) is 0 Å². The van der Waals surface area contributed by atoms with E-state index in [1.807, 2.05) is 28.6 Å². The lowest BCUT2D eigenvalue weighted by Gasteiger charge is -2.27. The van der Waals surface area contributed by atoms with E-state index >= 15 is 0 Å². The van der Waals surface area contributed by atoms with Crippen molar-refractivity contribution in [1.29, 1.82) is 0 Å². The van der Waals surface area contributed by atoms with Crippen molar-refractivity contribution in [2.24, 2.45) is 0 Å². The van der Waals surface area contributed by atoms with Crippen LogP contribution in [-0.2, 0) is 17.8 Å². The van der Waals surface area contributed by atoms with E-state index in [1.165, 1.54) is 5.69 Å². The van der Waals surface area contributed by atoms with Crippen LogP contribution in [0.4, 0.5) is 0 Å². The molecule has 2 aromatic rings. The predicted molar refractivity (Wildman–Crippen MR) is 62.5 cm³/mol. The second-order valence-corrected chi connectivity index (χ2v) is 4.48. The molecule has 1 aliphatic rings. The van der Waals surface area contributed by atoms with Crippen LogP contribution in [0, 0.1) is 6.92 Å². The van der Waals surface area contributed by atoms with Gasteiger partial charge in [-0.2, -0.15) is 5.10 Å². The van der Waals surface area contributed by atoms with Crippen molar-refractivity contribution in [2.45, 2.75) is 26.8 Å². The summed E-state index contributed by atoms with van der Waals surface area (Å²) < 4.78 is 1.90. The third-order valence-electron chi connectivity index (χ3n) is 3.22. The maximum atomic E-state index is 11.4. The first kappa shape index (κ1) is 10.3. The van der Waals surface area contributed by atoms with Crippen LogP contribution in [0.5, 0.6) is 0 Å². The van der Waals surface area contributed by atoms with Crippen molar-refractivity contribution < 1.29 is 4.79 Å². The van der Waals surface area contributed by atoms with Crippen molar-refractivity contribution in [1.82, 2.24) is 19.5 Å². The van der Waals surface area contributed by atoms with Gasteiger partial charge in [0.05, 0.1) is 11.4 Å². The Morgan fingerprint density at radius 3 is 3.06 bits per heavy atom. The molecular weight excluding hydrogens is 216 g/mol. The van der Waals surface area contributed by atoms with Crippen LogP contribution in [-0.4, -0.2) is 31.9 Å².